The number of imidazole rings is 1. The fourth-order valence-electron chi connectivity index (χ4n) is 2.47. The molecule has 100 valence electrons. The normalized spacial score (nSPS) is 21.6. The molecule has 0 amide bonds. The third kappa shape index (κ3) is 2.06. The molecule has 1 aliphatic rings. The summed E-state index contributed by atoms with van der Waals surface area (Å²) in [6.45, 7) is 0. The monoisotopic (exact) mass is 259 g/mol. The van der Waals surface area contributed by atoms with Crippen LogP contribution in [0.15, 0.2) is 30.7 Å². The average Bonchev–Trinajstić information content (AvgIpc) is 2.84. The van der Waals surface area contributed by atoms with E-state index in [1.165, 1.54) is 0 Å². The maximum atomic E-state index is 6.23. The quantitative estimate of drug-likeness (QED) is 0.895. The molecule has 5 heteroatoms. The molecule has 2 N–H and O–H groups in total. The molecular formula is C14H17N3O2. The zero-order valence-electron chi connectivity index (χ0n) is 11.0. The van der Waals surface area contributed by atoms with E-state index in [2.05, 4.69) is 4.98 Å². The van der Waals surface area contributed by atoms with Crippen LogP contribution in [0.3, 0.4) is 0 Å². The lowest BCUT2D eigenvalue weighted by Gasteiger charge is -2.30. The molecule has 1 unspecified atom stereocenters. The first-order valence-corrected chi connectivity index (χ1v) is 6.25. The zero-order chi connectivity index (χ0) is 13.4. The molecule has 1 aliphatic heterocycles. The molecule has 1 aromatic heterocycles. The predicted molar refractivity (Wildman–Crippen MR) is 71.1 cm³/mol. The highest BCUT2D eigenvalue weighted by molar-refractivity contribution is 5.44. The summed E-state index contributed by atoms with van der Waals surface area (Å²) in [5, 5.41) is 0. The van der Waals surface area contributed by atoms with Crippen molar-refractivity contribution in [3.05, 3.63) is 42.0 Å². The molecule has 0 aliphatic carbocycles. The van der Waals surface area contributed by atoms with Crippen molar-refractivity contribution in [3.8, 4) is 11.5 Å². The van der Waals surface area contributed by atoms with Gasteiger partial charge in [0.2, 0.25) is 0 Å². The minimum Gasteiger partial charge on any atom is -0.497 e. The van der Waals surface area contributed by atoms with Gasteiger partial charge in [-0.25, -0.2) is 4.98 Å². The summed E-state index contributed by atoms with van der Waals surface area (Å²) in [7, 11) is 3.60. The second-order valence-electron chi connectivity index (χ2n) is 4.78. The Hall–Kier alpha value is -2.01. The Kier molecular flexibility index (Phi) is 2.91. The number of methoxy groups -OCH3 is 1. The summed E-state index contributed by atoms with van der Waals surface area (Å²) in [5.74, 6) is 1.57. The fourth-order valence-corrected chi connectivity index (χ4v) is 2.47. The van der Waals surface area contributed by atoms with Crippen LogP contribution >= 0.6 is 0 Å². The molecular weight excluding hydrogens is 242 g/mol. The number of aromatic nitrogens is 2. The molecule has 2 aromatic rings. The highest BCUT2D eigenvalue weighted by atomic mass is 16.5. The minimum absolute atomic E-state index is 0.0328. The Morgan fingerprint density at radius 2 is 2.32 bits per heavy atom. The SMILES string of the molecule is COc1ccc2c(c1)OC(c1cncn1C)C[C@H]2N. The van der Waals surface area contributed by atoms with Gasteiger partial charge >= 0.3 is 0 Å². The van der Waals surface area contributed by atoms with Gasteiger partial charge in [-0.05, 0) is 6.07 Å². The Morgan fingerprint density at radius 1 is 1.47 bits per heavy atom. The zero-order valence-corrected chi connectivity index (χ0v) is 11.0. The van der Waals surface area contributed by atoms with Gasteiger partial charge < -0.3 is 19.8 Å². The van der Waals surface area contributed by atoms with E-state index >= 15 is 0 Å². The van der Waals surface area contributed by atoms with Crippen LogP contribution < -0.4 is 15.2 Å². The summed E-state index contributed by atoms with van der Waals surface area (Å²) in [6.07, 6.45) is 4.27. The molecule has 2 heterocycles. The molecule has 19 heavy (non-hydrogen) atoms. The number of nitrogens with two attached hydrogens (primary N) is 1. The van der Waals surface area contributed by atoms with Crippen molar-refractivity contribution in [3.63, 3.8) is 0 Å². The lowest BCUT2D eigenvalue weighted by Crippen LogP contribution is -2.25. The van der Waals surface area contributed by atoms with E-state index in [1.54, 1.807) is 13.4 Å². The summed E-state index contributed by atoms with van der Waals surface area (Å²) in [5.41, 5.74) is 8.29. The van der Waals surface area contributed by atoms with Gasteiger partial charge in [-0.15, -0.1) is 0 Å². The number of hydrogen-bond donors (Lipinski definition) is 1. The summed E-state index contributed by atoms with van der Waals surface area (Å²) in [6, 6.07) is 5.73. The number of hydrogen-bond acceptors (Lipinski definition) is 4. The van der Waals surface area contributed by atoms with Gasteiger partial charge in [0.15, 0.2) is 0 Å². The standard InChI is InChI=1S/C14H17N3O2/c1-17-8-16-7-12(17)14-6-11(15)10-4-3-9(18-2)5-13(10)19-14/h3-5,7-8,11,14H,6,15H2,1-2H3/t11-,14?/m1/s1. The second kappa shape index (κ2) is 4.59. The minimum atomic E-state index is -0.0675. The van der Waals surface area contributed by atoms with Crippen LogP contribution in [0.25, 0.3) is 0 Å². The van der Waals surface area contributed by atoms with E-state index in [9.17, 15) is 0 Å². The number of rotatable bonds is 2. The van der Waals surface area contributed by atoms with Crippen LogP contribution in [0.4, 0.5) is 0 Å². The van der Waals surface area contributed by atoms with Crippen molar-refractivity contribution in [1.82, 2.24) is 9.55 Å². The summed E-state index contributed by atoms with van der Waals surface area (Å²) >= 11 is 0. The largest absolute Gasteiger partial charge is 0.497 e. The van der Waals surface area contributed by atoms with Crippen molar-refractivity contribution in [2.75, 3.05) is 7.11 Å². The highest BCUT2D eigenvalue weighted by Crippen LogP contribution is 2.40. The van der Waals surface area contributed by atoms with Gasteiger partial charge in [-0.2, -0.15) is 0 Å². The molecule has 3 rings (SSSR count). The Labute approximate surface area is 112 Å². The Bertz CT molecular complexity index is 594. The van der Waals surface area contributed by atoms with Crippen molar-refractivity contribution >= 4 is 0 Å². The van der Waals surface area contributed by atoms with Crippen LogP contribution in [0.5, 0.6) is 11.5 Å². The molecule has 2 atom stereocenters. The predicted octanol–water partition coefficient (Wildman–Crippen LogP) is 1.95. The topological polar surface area (TPSA) is 62.3 Å². The fraction of sp³-hybridized carbons (Fsp3) is 0.357. The van der Waals surface area contributed by atoms with Crippen LogP contribution in [0, 0.1) is 0 Å². The van der Waals surface area contributed by atoms with E-state index in [0.29, 0.717) is 0 Å². The van der Waals surface area contributed by atoms with Crippen molar-refractivity contribution in [1.29, 1.82) is 0 Å². The van der Waals surface area contributed by atoms with Crippen LogP contribution in [0.2, 0.25) is 0 Å². The van der Waals surface area contributed by atoms with E-state index in [-0.39, 0.29) is 12.1 Å². The third-order valence-corrected chi connectivity index (χ3v) is 3.54. The van der Waals surface area contributed by atoms with E-state index in [0.717, 1.165) is 29.2 Å². The number of nitrogens with zero attached hydrogens (tertiary/aromatic N) is 2. The first kappa shape index (κ1) is 12.0. The number of aryl methyl sites for hydroxylation is 1. The summed E-state index contributed by atoms with van der Waals surface area (Å²) in [4.78, 5) is 4.13. The van der Waals surface area contributed by atoms with Gasteiger partial charge in [-0.1, -0.05) is 6.07 Å². The Balaban J connectivity index is 1.96. The smallest absolute Gasteiger partial charge is 0.142 e. The third-order valence-electron chi connectivity index (χ3n) is 3.54. The summed E-state index contributed by atoms with van der Waals surface area (Å²) < 4.78 is 13.2. The van der Waals surface area contributed by atoms with Crippen LogP contribution in [-0.4, -0.2) is 16.7 Å². The molecule has 1 aromatic carbocycles. The van der Waals surface area contributed by atoms with Crippen molar-refractivity contribution in [2.24, 2.45) is 12.8 Å². The van der Waals surface area contributed by atoms with Crippen molar-refractivity contribution < 1.29 is 9.47 Å². The van der Waals surface area contributed by atoms with E-state index in [1.807, 2.05) is 36.0 Å². The molecule has 0 saturated carbocycles. The van der Waals surface area contributed by atoms with Gasteiger partial charge in [0.1, 0.15) is 17.6 Å². The lowest BCUT2D eigenvalue weighted by atomic mass is 9.96. The van der Waals surface area contributed by atoms with Crippen LogP contribution in [-0.2, 0) is 7.05 Å². The molecule has 0 radical (unpaired) electrons. The van der Waals surface area contributed by atoms with Gasteiger partial charge in [-0.3, -0.25) is 0 Å². The molecule has 0 fully saturated rings. The maximum absolute atomic E-state index is 6.23. The van der Waals surface area contributed by atoms with Gasteiger partial charge in [0, 0.05) is 31.1 Å². The Morgan fingerprint density at radius 3 is 3.00 bits per heavy atom. The first-order valence-electron chi connectivity index (χ1n) is 6.25. The first-order chi connectivity index (χ1) is 9.19. The van der Waals surface area contributed by atoms with Crippen LogP contribution in [0.1, 0.15) is 29.8 Å². The number of fused-ring (bicyclic) bond motifs is 1. The van der Waals surface area contributed by atoms with E-state index in [4.69, 9.17) is 15.2 Å². The molecule has 0 spiro atoms. The van der Waals surface area contributed by atoms with E-state index < -0.39 is 0 Å². The second-order valence-corrected chi connectivity index (χ2v) is 4.78. The maximum Gasteiger partial charge on any atom is 0.142 e. The van der Waals surface area contributed by atoms with Crippen molar-refractivity contribution in [2.45, 2.75) is 18.6 Å². The molecule has 0 saturated heterocycles. The average molecular weight is 259 g/mol. The van der Waals surface area contributed by atoms with Gasteiger partial charge in [0.25, 0.3) is 0 Å². The highest BCUT2D eigenvalue weighted by Gasteiger charge is 2.28. The number of ether oxygens (including phenoxy) is 2. The number of benzene rings is 1. The van der Waals surface area contributed by atoms with Gasteiger partial charge in [0.05, 0.1) is 25.3 Å². The lowest BCUT2D eigenvalue weighted by molar-refractivity contribution is 0.153. The molecule has 5 nitrogen and oxygen atoms in total. The molecule has 0 bridgehead atoms.